The van der Waals surface area contributed by atoms with Gasteiger partial charge in [-0.1, -0.05) is 12.1 Å². The zero-order valence-corrected chi connectivity index (χ0v) is 12.8. The van der Waals surface area contributed by atoms with Crippen LogP contribution < -0.4 is 10.1 Å². The molecule has 0 unspecified atom stereocenters. The van der Waals surface area contributed by atoms with Crippen LogP contribution in [0.15, 0.2) is 30.6 Å². The molecule has 0 aliphatic heterocycles. The molecule has 2 rings (SSSR count). The lowest BCUT2D eigenvalue weighted by molar-refractivity contribution is -0.155. The van der Waals surface area contributed by atoms with Crippen molar-refractivity contribution in [1.82, 2.24) is 25.5 Å². The van der Waals surface area contributed by atoms with Gasteiger partial charge in [0.25, 0.3) is 5.91 Å². The van der Waals surface area contributed by atoms with Crippen molar-refractivity contribution in [2.45, 2.75) is 26.1 Å². The molecule has 1 atom stereocenters. The van der Waals surface area contributed by atoms with E-state index in [1.807, 2.05) is 12.1 Å². The Labute approximate surface area is 132 Å². The first-order chi connectivity index (χ1) is 11.1. The van der Waals surface area contributed by atoms with Crippen LogP contribution in [-0.4, -0.2) is 45.3 Å². The van der Waals surface area contributed by atoms with Crippen molar-refractivity contribution in [3.63, 3.8) is 0 Å². The minimum atomic E-state index is -0.905. The highest BCUT2D eigenvalue weighted by Crippen LogP contribution is 2.11. The normalized spacial score (nSPS) is 11.6. The van der Waals surface area contributed by atoms with E-state index in [9.17, 15) is 9.59 Å². The summed E-state index contributed by atoms with van der Waals surface area (Å²) in [4.78, 5) is 23.6. The smallest absolute Gasteiger partial charge is 0.328 e. The molecule has 1 aromatic heterocycles. The van der Waals surface area contributed by atoms with Crippen LogP contribution in [0.1, 0.15) is 12.5 Å². The number of methoxy groups -OCH3 is 1. The molecule has 0 saturated carbocycles. The molecule has 0 fully saturated rings. The standard InChI is InChI=1S/C14H17N5O4/c1-10(23-13(20)8-19-9-16-17-18-19)14(21)15-7-11-3-5-12(22-2)6-4-11/h3-6,9-10H,7-8H2,1-2H3,(H,15,21)/t10-/m1/s1. The lowest BCUT2D eigenvalue weighted by Crippen LogP contribution is -2.36. The van der Waals surface area contributed by atoms with E-state index in [0.29, 0.717) is 6.54 Å². The Bertz CT molecular complexity index is 642. The Morgan fingerprint density at radius 3 is 2.65 bits per heavy atom. The fourth-order valence-corrected chi connectivity index (χ4v) is 1.75. The zero-order chi connectivity index (χ0) is 16.7. The number of amides is 1. The van der Waals surface area contributed by atoms with E-state index in [1.165, 1.54) is 17.9 Å². The molecular formula is C14H17N5O4. The highest BCUT2D eigenvalue weighted by molar-refractivity contribution is 5.83. The van der Waals surface area contributed by atoms with Crippen molar-refractivity contribution in [3.8, 4) is 5.75 Å². The molecule has 0 saturated heterocycles. The molecule has 0 aliphatic rings. The number of hydrogen-bond acceptors (Lipinski definition) is 7. The number of benzene rings is 1. The van der Waals surface area contributed by atoms with Gasteiger partial charge in [-0.15, -0.1) is 5.10 Å². The maximum atomic E-state index is 11.9. The van der Waals surface area contributed by atoms with Gasteiger partial charge in [0.15, 0.2) is 6.10 Å². The van der Waals surface area contributed by atoms with Gasteiger partial charge in [0.05, 0.1) is 7.11 Å². The third kappa shape index (κ3) is 5.06. The molecule has 122 valence electrons. The largest absolute Gasteiger partial charge is 0.497 e. The Hall–Kier alpha value is -2.97. The summed E-state index contributed by atoms with van der Waals surface area (Å²) in [6.45, 7) is 1.68. The molecule has 9 heteroatoms. The molecule has 1 N–H and O–H groups in total. The summed E-state index contributed by atoms with van der Waals surface area (Å²) in [6.07, 6.45) is 0.382. The van der Waals surface area contributed by atoms with Gasteiger partial charge in [-0.3, -0.25) is 9.59 Å². The highest BCUT2D eigenvalue weighted by atomic mass is 16.5. The van der Waals surface area contributed by atoms with Crippen LogP contribution in [0.3, 0.4) is 0 Å². The van der Waals surface area contributed by atoms with E-state index in [1.54, 1.807) is 19.2 Å². The maximum absolute atomic E-state index is 11.9. The summed E-state index contributed by atoms with van der Waals surface area (Å²) in [5.41, 5.74) is 0.909. The van der Waals surface area contributed by atoms with Crippen molar-refractivity contribution in [2.24, 2.45) is 0 Å². The fourth-order valence-electron chi connectivity index (χ4n) is 1.75. The van der Waals surface area contributed by atoms with Crippen molar-refractivity contribution < 1.29 is 19.1 Å². The molecule has 0 radical (unpaired) electrons. The summed E-state index contributed by atoms with van der Waals surface area (Å²) in [7, 11) is 1.59. The van der Waals surface area contributed by atoms with E-state index >= 15 is 0 Å². The number of hydrogen-bond donors (Lipinski definition) is 1. The number of nitrogens with one attached hydrogen (secondary N) is 1. The molecule has 1 aromatic carbocycles. The molecule has 1 amide bonds. The van der Waals surface area contributed by atoms with E-state index in [0.717, 1.165) is 11.3 Å². The minimum Gasteiger partial charge on any atom is -0.497 e. The summed E-state index contributed by atoms with van der Waals surface area (Å²) < 4.78 is 11.3. The van der Waals surface area contributed by atoms with Gasteiger partial charge < -0.3 is 14.8 Å². The number of tetrazole rings is 1. The SMILES string of the molecule is COc1ccc(CNC(=O)[C@@H](C)OC(=O)Cn2cnnn2)cc1. The van der Waals surface area contributed by atoms with Crippen LogP contribution in [0.25, 0.3) is 0 Å². The summed E-state index contributed by atoms with van der Waals surface area (Å²) in [6, 6.07) is 7.29. The van der Waals surface area contributed by atoms with Crippen molar-refractivity contribution >= 4 is 11.9 Å². The topological polar surface area (TPSA) is 108 Å². The monoisotopic (exact) mass is 319 g/mol. The molecular weight excluding hydrogens is 302 g/mol. The Balaban J connectivity index is 1.76. The number of carbonyl (C=O) groups is 2. The lowest BCUT2D eigenvalue weighted by atomic mass is 10.2. The average Bonchev–Trinajstić information content (AvgIpc) is 3.05. The molecule has 9 nitrogen and oxygen atoms in total. The van der Waals surface area contributed by atoms with E-state index in [4.69, 9.17) is 9.47 Å². The second kappa shape index (κ2) is 7.87. The van der Waals surface area contributed by atoms with Gasteiger partial charge in [-0.2, -0.15) is 0 Å². The van der Waals surface area contributed by atoms with Gasteiger partial charge in [-0.25, -0.2) is 4.68 Å². The molecule has 23 heavy (non-hydrogen) atoms. The van der Waals surface area contributed by atoms with Gasteiger partial charge in [-0.05, 0) is 35.0 Å². The van der Waals surface area contributed by atoms with Gasteiger partial charge in [0, 0.05) is 6.54 Å². The number of carbonyl (C=O) groups excluding carboxylic acids is 2. The van der Waals surface area contributed by atoms with Crippen molar-refractivity contribution in [1.29, 1.82) is 0 Å². The third-order valence-electron chi connectivity index (χ3n) is 2.99. The second-order valence-electron chi connectivity index (χ2n) is 4.71. The van der Waals surface area contributed by atoms with Crippen molar-refractivity contribution in [2.75, 3.05) is 7.11 Å². The van der Waals surface area contributed by atoms with Gasteiger partial charge in [0.1, 0.15) is 18.6 Å². The van der Waals surface area contributed by atoms with Crippen LogP contribution in [0, 0.1) is 0 Å². The first-order valence-electron chi connectivity index (χ1n) is 6.89. The van der Waals surface area contributed by atoms with Crippen LogP contribution in [0.4, 0.5) is 0 Å². The average molecular weight is 319 g/mol. The second-order valence-corrected chi connectivity index (χ2v) is 4.71. The first-order valence-corrected chi connectivity index (χ1v) is 6.89. The van der Waals surface area contributed by atoms with Crippen LogP contribution in [0.2, 0.25) is 0 Å². The number of esters is 1. The first kappa shape index (κ1) is 16.4. The lowest BCUT2D eigenvalue weighted by Gasteiger charge is -2.13. The predicted molar refractivity (Wildman–Crippen MR) is 78.2 cm³/mol. The summed E-state index contributed by atoms with van der Waals surface area (Å²) in [5, 5.41) is 13.0. The van der Waals surface area contributed by atoms with E-state index in [2.05, 4.69) is 20.8 Å². The van der Waals surface area contributed by atoms with Crippen LogP contribution >= 0.6 is 0 Å². The van der Waals surface area contributed by atoms with Crippen molar-refractivity contribution in [3.05, 3.63) is 36.2 Å². The van der Waals surface area contributed by atoms with E-state index in [-0.39, 0.29) is 12.5 Å². The number of nitrogens with zero attached hydrogens (tertiary/aromatic N) is 4. The van der Waals surface area contributed by atoms with Gasteiger partial charge >= 0.3 is 5.97 Å². The quantitative estimate of drug-likeness (QED) is 0.712. The Kier molecular flexibility index (Phi) is 5.61. The van der Waals surface area contributed by atoms with E-state index < -0.39 is 12.1 Å². The summed E-state index contributed by atoms with van der Waals surface area (Å²) in [5.74, 6) is -0.236. The molecule has 2 aromatic rings. The Morgan fingerprint density at radius 2 is 2.04 bits per heavy atom. The number of rotatable bonds is 7. The highest BCUT2D eigenvalue weighted by Gasteiger charge is 2.18. The number of ether oxygens (including phenoxy) is 2. The third-order valence-corrected chi connectivity index (χ3v) is 2.99. The van der Waals surface area contributed by atoms with Crippen LogP contribution in [-0.2, 0) is 27.4 Å². The minimum absolute atomic E-state index is 0.150. The fraction of sp³-hybridized carbons (Fsp3) is 0.357. The molecule has 1 heterocycles. The van der Waals surface area contributed by atoms with Gasteiger partial charge in [0.2, 0.25) is 0 Å². The molecule has 0 bridgehead atoms. The van der Waals surface area contributed by atoms with Crippen LogP contribution in [0.5, 0.6) is 5.75 Å². The Morgan fingerprint density at radius 1 is 1.30 bits per heavy atom. The number of aromatic nitrogens is 4. The molecule has 0 spiro atoms. The predicted octanol–water partition coefficient (Wildman–Crippen LogP) is -0.0702. The maximum Gasteiger partial charge on any atom is 0.328 e. The zero-order valence-electron chi connectivity index (χ0n) is 12.8. The molecule has 0 aliphatic carbocycles. The summed E-state index contributed by atoms with van der Waals surface area (Å²) >= 11 is 0.